The highest BCUT2D eigenvalue weighted by molar-refractivity contribution is 9.09. The standard InChI is InChI=1S/C21H26BrN3O/c1-13-17-10-19(25(12-23)11-14(17)6-7-20(13)26)21-16(8-9-22)15-4-2-3-5-18(15)24-21/h2-5,13-14,17,19-20,24,26H,6-11H2,1H3/t13-,14+,17-,19+,20+/m1/s1. The van der Waals surface area contributed by atoms with Gasteiger partial charge in [-0.05, 0) is 55.1 Å². The van der Waals surface area contributed by atoms with E-state index in [0.29, 0.717) is 17.8 Å². The molecule has 2 aliphatic rings. The topological polar surface area (TPSA) is 63.0 Å². The zero-order valence-corrected chi connectivity index (χ0v) is 16.7. The number of alkyl halides is 1. The lowest BCUT2D eigenvalue weighted by atomic mass is 9.66. The van der Waals surface area contributed by atoms with E-state index in [2.05, 4.69) is 58.3 Å². The molecule has 0 radical (unpaired) electrons. The second kappa shape index (κ2) is 7.25. The Morgan fingerprint density at radius 3 is 2.92 bits per heavy atom. The maximum atomic E-state index is 10.4. The van der Waals surface area contributed by atoms with Gasteiger partial charge in [-0.15, -0.1) is 0 Å². The Hall–Kier alpha value is -1.51. The number of piperidine rings is 1. The number of hydrogen-bond donors (Lipinski definition) is 2. The van der Waals surface area contributed by atoms with E-state index in [1.54, 1.807) is 0 Å². The fourth-order valence-corrected chi connectivity index (χ4v) is 5.62. The van der Waals surface area contributed by atoms with Crippen LogP contribution in [0.1, 0.15) is 43.5 Å². The van der Waals surface area contributed by atoms with E-state index in [4.69, 9.17) is 0 Å². The summed E-state index contributed by atoms with van der Waals surface area (Å²) < 4.78 is 0. The van der Waals surface area contributed by atoms with Crippen molar-refractivity contribution in [1.82, 2.24) is 9.88 Å². The van der Waals surface area contributed by atoms with Crippen LogP contribution in [0.2, 0.25) is 0 Å². The summed E-state index contributed by atoms with van der Waals surface area (Å²) in [5.74, 6) is 1.31. The van der Waals surface area contributed by atoms with Crippen molar-refractivity contribution in [3.8, 4) is 6.19 Å². The van der Waals surface area contributed by atoms with Gasteiger partial charge in [-0.3, -0.25) is 0 Å². The molecule has 0 spiro atoms. The van der Waals surface area contributed by atoms with Crippen LogP contribution < -0.4 is 0 Å². The van der Waals surface area contributed by atoms with Crippen LogP contribution in [-0.4, -0.2) is 33.0 Å². The molecule has 5 heteroatoms. The molecule has 1 saturated carbocycles. The van der Waals surface area contributed by atoms with Crippen LogP contribution in [-0.2, 0) is 6.42 Å². The molecule has 1 aliphatic heterocycles. The first-order valence-corrected chi connectivity index (χ1v) is 10.8. The summed E-state index contributed by atoms with van der Waals surface area (Å²) >= 11 is 3.59. The van der Waals surface area contributed by atoms with Crippen molar-refractivity contribution in [2.45, 2.75) is 44.8 Å². The number of aliphatic hydroxyl groups is 1. The van der Waals surface area contributed by atoms with E-state index in [0.717, 1.165) is 43.1 Å². The highest BCUT2D eigenvalue weighted by atomic mass is 79.9. The number of nitrogens with one attached hydrogen (secondary N) is 1. The van der Waals surface area contributed by atoms with Gasteiger partial charge in [0.2, 0.25) is 0 Å². The fraction of sp³-hybridized carbons (Fsp3) is 0.571. The molecule has 2 N–H and O–H groups in total. The van der Waals surface area contributed by atoms with E-state index in [1.807, 2.05) is 4.90 Å². The number of nitriles is 1. The third-order valence-electron chi connectivity index (χ3n) is 6.68. The van der Waals surface area contributed by atoms with Gasteiger partial charge in [0, 0.05) is 28.5 Å². The zero-order valence-electron chi connectivity index (χ0n) is 15.2. The third kappa shape index (κ3) is 2.93. The van der Waals surface area contributed by atoms with Gasteiger partial charge >= 0.3 is 0 Å². The molecule has 1 aliphatic carbocycles. The number of aromatic nitrogens is 1. The van der Waals surface area contributed by atoms with E-state index in [1.165, 1.54) is 16.6 Å². The minimum Gasteiger partial charge on any atom is -0.393 e. The number of aliphatic hydroxyl groups excluding tert-OH is 1. The second-order valence-electron chi connectivity index (χ2n) is 7.93. The Kier molecular flexibility index (Phi) is 4.98. The van der Waals surface area contributed by atoms with Gasteiger partial charge in [-0.25, -0.2) is 0 Å². The molecule has 1 aromatic carbocycles. The summed E-state index contributed by atoms with van der Waals surface area (Å²) in [6.07, 6.45) is 6.05. The molecule has 4 rings (SSSR count). The summed E-state index contributed by atoms with van der Waals surface area (Å²) in [5, 5.41) is 22.4. The minimum atomic E-state index is -0.199. The molecule has 2 aromatic rings. The normalized spacial score (nSPS) is 31.6. The predicted octanol–water partition coefficient (Wildman–Crippen LogP) is 4.36. The lowest BCUT2D eigenvalue weighted by Crippen LogP contribution is -2.47. The van der Waals surface area contributed by atoms with Crippen molar-refractivity contribution in [1.29, 1.82) is 5.26 Å². The number of likely N-dealkylation sites (tertiary alicyclic amines) is 1. The van der Waals surface area contributed by atoms with Crippen LogP contribution in [0, 0.1) is 29.2 Å². The van der Waals surface area contributed by atoms with Crippen LogP contribution in [0.5, 0.6) is 0 Å². The Balaban J connectivity index is 1.75. The van der Waals surface area contributed by atoms with Crippen molar-refractivity contribution in [2.75, 3.05) is 11.9 Å². The van der Waals surface area contributed by atoms with Crippen LogP contribution in [0.15, 0.2) is 24.3 Å². The maximum Gasteiger partial charge on any atom is 0.179 e. The largest absolute Gasteiger partial charge is 0.393 e. The lowest BCUT2D eigenvalue weighted by Gasteiger charge is -2.48. The number of benzene rings is 1. The lowest BCUT2D eigenvalue weighted by molar-refractivity contribution is -0.0331. The maximum absolute atomic E-state index is 10.4. The van der Waals surface area contributed by atoms with E-state index >= 15 is 0 Å². The number of H-pyrrole nitrogens is 1. The highest BCUT2D eigenvalue weighted by Gasteiger charge is 2.44. The van der Waals surface area contributed by atoms with Gasteiger partial charge in [-0.2, -0.15) is 5.26 Å². The molecular formula is C21H26BrN3O. The molecule has 2 heterocycles. The first kappa shape index (κ1) is 17.9. The van der Waals surface area contributed by atoms with E-state index in [9.17, 15) is 10.4 Å². The van der Waals surface area contributed by atoms with Crippen molar-refractivity contribution in [2.24, 2.45) is 17.8 Å². The highest BCUT2D eigenvalue weighted by Crippen LogP contribution is 2.47. The molecule has 1 aromatic heterocycles. The molecule has 0 unspecified atom stereocenters. The van der Waals surface area contributed by atoms with Gasteiger partial charge in [0.25, 0.3) is 0 Å². The Bertz CT molecular complexity index is 826. The summed E-state index contributed by atoms with van der Waals surface area (Å²) in [4.78, 5) is 5.61. The first-order chi connectivity index (χ1) is 12.6. The van der Waals surface area contributed by atoms with E-state index in [-0.39, 0.29) is 12.1 Å². The van der Waals surface area contributed by atoms with Gasteiger partial charge in [0.1, 0.15) is 0 Å². The van der Waals surface area contributed by atoms with Crippen molar-refractivity contribution >= 4 is 26.8 Å². The average molecular weight is 416 g/mol. The number of halogens is 1. The predicted molar refractivity (Wildman–Crippen MR) is 107 cm³/mol. The monoisotopic (exact) mass is 415 g/mol. The van der Waals surface area contributed by atoms with Crippen LogP contribution in [0.3, 0.4) is 0 Å². The Morgan fingerprint density at radius 1 is 1.35 bits per heavy atom. The number of aryl methyl sites for hydroxylation is 1. The minimum absolute atomic E-state index is 0.0791. The molecular weight excluding hydrogens is 390 g/mol. The fourth-order valence-electron chi connectivity index (χ4n) is 5.23. The molecule has 5 atom stereocenters. The molecule has 0 bridgehead atoms. The molecule has 0 amide bonds. The molecule has 1 saturated heterocycles. The second-order valence-corrected chi connectivity index (χ2v) is 8.73. The summed E-state index contributed by atoms with van der Waals surface area (Å²) in [7, 11) is 0. The summed E-state index contributed by atoms with van der Waals surface area (Å²) in [6.45, 7) is 3.00. The summed E-state index contributed by atoms with van der Waals surface area (Å²) in [6, 6.07) is 8.50. The number of para-hydroxylation sites is 1. The van der Waals surface area contributed by atoms with E-state index < -0.39 is 0 Å². The van der Waals surface area contributed by atoms with Crippen molar-refractivity contribution < 1.29 is 5.11 Å². The van der Waals surface area contributed by atoms with Crippen molar-refractivity contribution in [3.63, 3.8) is 0 Å². The number of rotatable bonds is 3. The van der Waals surface area contributed by atoms with Gasteiger partial charge in [0.15, 0.2) is 6.19 Å². The Morgan fingerprint density at radius 2 is 2.15 bits per heavy atom. The number of hydrogen-bond acceptors (Lipinski definition) is 3. The first-order valence-electron chi connectivity index (χ1n) is 9.64. The third-order valence-corrected chi connectivity index (χ3v) is 7.07. The Labute approximate surface area is 163 Å². The molecule has 138 valence electrons. The molecule has 26 heavy (non-hydrogen) atoms. The number of fused-ring (bicyclic) bond motifs is 2. The van der Waals surface area contributed by atoms with Crippen molar-refractivity contribution in [3.05, 3.63) is 35.5 Å². The quantitative estimate of drug-likeness (QED) is 0.578. The number of aromatic amines is 1. The molecule has 4 nitrogen and oxygen atoms in total. The van der Waals surface area contributed by atoms with Gasteiger partial charge < -0.3 is 15.0 Å². The van der Waals surface area contributed by atoms with Crippen LogP contribution in [0.25, 0.3) is 10.9 Å². The zero-order chi connectivity index (χ0) is 18.3. The van der Waals surface area contributed by atoms with Crippen LogP contribution in [0.4, 0.5) is 0 Å². The number of nitrogens with zero attached hydrogens (tertiary/aromatic N) is 2. The smallest absolute Gasteiger partial charge is 0.179 e. The summed E-state index contributed by atoms with van der Waals surface area (Å²) in [5.41, 5.74) is 3.67. The van der Waals surface area contributed by atoms with Gasteiger partial charge in [-0.1, -0.05) is 41.1 Å². The van der Waals surface area contributed by atoms with Crippen LogP contribution >= 0.6 is 15.9 Å². The average Bonchev–Trinajstić information content (AvgIpc) is 3.03. The molecule has 2 fully saturated rings. The van der Waals surface area contributed by atoms with Gasteiger partial charge in [0.05, 0.1) is 12.1 Å². The SMILES string of the molecule is C[C@@H]1[C@H]2C[C@@H](c3[nH]c4ccccc4c3CCBr)N(C#N)C[C@@H]2CC[C@@H]1O.